The lowest BCUT2D eigenvalue weighted by Gasteiger charge is -2.29. The van der Waals surface area contributed by atoms with Crippen molar-refractivity contribution < 1.29 is 39.3 Å². The summed E-state index contributed by atoms with van der Waals surface area (Å²) in [5.74, 6) is -4.44. The molecule has 0 aliphatic carbocycles. The summed E-state index contributed by atoms with van der Waals surface area (Å²) in [7, 11) is 0. The van der Waals surface area contributed by atoms with Gasteiger partial charge in [0.15, 0.2) is 6.10 Å². The Morgan fingerprint density at radius 3 is 2.07 bits per heavy atom. The monoisotopic (exact) mass is 627 g/mol. The minimum absolute atomic E-state index is 0.0517. The van der Waals surface area contributed by atoms with E-state index < -0.39 is 65.8 Å². The molecule has 2 rings (SSSR count). The minimum Gasteiger partial charge on any atom is -0.508 e. The first-order chi connectivity index (χ1) is 21.2. The largest absolute Gasteiger partial charge is 0.508 e. The Kier molecular flexibility index (Phi) is 14.4. The van der Waals surface area contributed by atoms with Crippen LogP contribution in [0.5, 0.6) is 5.75 Å². The number of aromatic hydroxyl groups is 1. The van der Waals surface area contributed by atoms with Gasteiger partial charge in [0, 0.05) is 18.2 Å². The first-order valence-electron chi connectivity index (χ1n) is 14.9. The molecule has 0 fully saturated rings. The van der Waals surface area contributed by atoms with Crippen molar-refractivity contribution in [2.45, 2.75) is 83.6 Å². The minimum atomic E-state index is -1.71. The summed E-state index contributed by atoms with van der Waals surface area (Å²) in [4.78, 5) is 63.5. The highest BCUT2D eigenvalue weighted by Crippen LogP contribution is 2.17. The van der Waals surface area contributed by atoms with Crippen LogP contribution < -0.4 is 27.0 Å². The summed E-state index contributed by atoms with van der Waals surface area (Å²) in [5.41, 5.74) is 6.80. The number of carbonyl (C=O) groups is 5. The number of benzene rings is 2. The molecular formula is C32H45N5O8. The molecular weight excluding hydrogens is 582 g/mol. The Morgan fingerprint density at radius 1 is 0.822 bits per heavy atom. The van der Waals surface area contributed by atoms with Crippen LogP contribution >= 0.6 is 0 Å². The summed E-state index contributed by atoms with van der Waals surface area (Å²) in [6, 6.07) is 10.3. The molecule has 9 N–H and O–H groups in total. The molecule has 2 aromatic carbocycles. The van der Waals surface area contributed by atoms with Crippen LogP contribution in [0.2, 0.25) is 0 Å². The third-order valence-electron chi connectivity index (χ3n) is 6.98. The Hall–Kier alpha value is -4.49. The summed E-state index contributed by atoms with van der Waals surface area (Å²) in [6.45, 7) is 7.10. The average molecular weight is 628 g/mol. The van der Waals surface area contributed by atoms with Crippen molar-refractivity contribution in [3.63, 3.8) is 0 Å². The molecule has 13 heteroatoms. The molecule has 0 saturated carbocycles. The number of aliphatic carboxylic acids is 1. The molecule has 0 spiro atoms. The number of phenolic OH excluding ortho intramolecular Hbond substituents is 1. The van der Waals surface area contributed by atoms with Gasteiger partial charge in [-0.1, -0.05) is 64.1 Å². The second-order valence-corrected chi connectivity index (χ2v) is 11.7. The predicted molar refractivity (Wildman–Crippen MR) is 168 cm³/mol. The number of anilines is 1. The number of aliphatic hydroxyl groups is 1. The van der Waals surface area contributed by atoms with Gasteiger partial charge >= 0.3 is 5.97 Å². The van der Waals surface area contributed by atoms with Crippen LogP contribution in [0.4, 0.5) is 5.69 Å². The molecule has 0 bridgehead atoms. The number of nitrogens with two attached hydrogens (primary N) is 1. The Morgan fingerprint density at radius 2 is 1.49 bits per heavy atom. The fourth-order valence-corrected chi connectivity index (χ4v) is 4.55. The van der Waals surface area contributed by atoms with Gasteiger partial charge in [-0.2, -0.15) is 0 Å². The molecule has 13 nitrogen and oxygen atoms in total. The van der Waals surface area contributed by atoms with Gasteiger partial charge in [0.1, 0.15) is 17.8 Å². The fraction of sp³-hybridized carbons (Fsp3) is 0.469. The van der Waals surface area contributed by atoms with Gasteiger partial charge < -0.3 is 42.3 Å². The van der Waals surface area contributed by atoms with E-state index in [0.29, 0.717) is 0 Å². The number of carbonyl (C=O) groups excluding carboxylic acids is 4. The predicted octanol–water partition coefficient (Wildman–Crippen LogP) is 1.28. The zero-order valence-corrected chi connectivity index (χ0v) is 26.0. The zero-order chi connectivity index (χ0) is 33.7. The molecule has 5 atom stereocenters. The van der Waals surface area contributed by atoms with Gasteiger partial charge in [0.2, 0.25) is 17.7 Å². The number of rotatable bonds is 17. The number of carboxylic acid groups (broad SMARTS) is 1. The standard InChI is InChI=1S/C32H45N5O8/c1-18(2)15-25(36-31(44)27(19(3)4)37-29(42)23(33)13-14-26(39)40)30(43)35-24(16-20-9-6-5-7-10-20)28(41)32(45)34-21-11-8-12-22(38)17-21/h5-12,17-19,23-25,27-28,38,41H,13-16,33H2,1-4H3,(H,34,45)(H,35,43)(H,36,44)(H,37,42)(H,39,40)/t23-,24-,25-,27-,28+/m0/s1. The second kappa shape index (κ2) is 17.7. The molecule has 0 heterocycles. The molecule has 246 valence electrons. The second-order valence-electron chi connectivity index (χ2n) is 11.7. The van der Waals surface area contributed by atoms with Gasteiger partial charge in [0.05, 0.1) is 12.1 Å². The molecule has 2 aromatic rings. The van der Waals surface area contributed by atoms with E-state index in [1.54, 1.807) is 44.2 Å². The summed E-state index contributed by atoms with van der Waals surface area (Å²) in [5, 5.41) is 40.2. The van der Waals surface area contributed by atoms with E-state index in [2.05, 4.69) is 21.3 Å². The maximum atomic E-state index is 13.7. The molecule has 0 aliphatic heterocycles. The van der Waals surface area contributed by atoms with Crippen LogP contribution in [0.15, 0.2) is 54.6 Å². The maximum Gasteiger partial charge on any atom is 0.303 e. The molecule has 45 heavy (non-hydrogen) atoms. The summed E-state index contributed by atoms with van der Waals surface area (Å²) >= 11 is 0. The Labute approximate surface area is 263 Å². The van der Waals surface area contributed by atoms with Gasteiger partial charge in [-0.3, -0.25) is 24.0 Å². The van der Waals surface area contributed by atoms with E-state index in [9.17, 15) is 34.2 Å². The molecule has 0 aromatic heterocycles. The summed E-state index contributed by atoms with van der Waals surface area (Å²) < 4.78 is 0. The average Bonchev–Trinajstić information content (AvgIpc) is 2.97. The van der Waals surface area contributed by atoms with Crippen molar-refractivity contribution in [1.29, 1.82) is 0 Å². The lowest BCUT2D eigenvalue weighted by atomic mass is 9.97. The normalized spacial score (nSPS) is 14.5. The van der Waals surface area contributed by atoms with E-state index in [1.165, 1.54) is 24.3 Å². The quantitative estimate of drug-likeness (QED) is 0.126. The van der Waals surface area contributed by atoms with Crippen LogP contribution in [0.1, 0.15) is 52.5 Å². The van der Waals surface area contributed by atoms with Crippen LogP contribution in [0.3, 0.4) is 0 Å². The Bertz CT molecular complexity index is 1300. The van der Waals surface area contributed by atoms with Gasteiger partial charge in [-0.25, -0.2) is 0 Å². The third kappa shape index (κ3) is 12.6. The molecule has 0 aliphatic rings. The number of carboxylic acids is 1. The van der Waals surface area contributed by atoms with Crippen molar-refractivity contribution in [3.05, 3.63) is 60.2 Å². The lowest BCUT2D eigenvalue weighted by Crippen LogP contribution is -2.59. The van der Waals surface area contributed by atoms with Crippen LogP contribution in [0, 0.1) is 11.8 Å². The topological polar surface area (TPSA) is 220 Å². The number of aliphatic hydroxyl groups excluding tert-OH is 1. The highest BCUT2D eigenvalue weighted by atomic mass is 16.4. The molecule has 0 saturated heterocycles. The number of nitrogens with one attached hydrogen (secondary N) is 4. The van der Waals surface area contributed by atoms with E-state index in [4.69, 9.17) is 10.8 Å². The number of amides is 4. The van der Waals surface area contributed by atoms with Crippen molar-refractivity contribution in [2.24, 2.45) is 17.6 Å². The first kappa shape index (κ1) is 36.7. The van der Waals surface area contributed by atoms with E-state index in [-0.39, 0.29) is 43.0 Å². The smallest absolute Gasteiger partial charge is 0.303 e. The molecule has 0 unspecified atom stereocenters. The number of hydrogen-bond acceptors (Lipinski definition) is 8. The number of phenols is 1. The molecule has 4 amide bonds. The first-order valence-corrected chi connectivity index (χ1v) is 14.9. The highest BCUT2D eigenvalue weighted by Gasteiger charge is 2.34. The van der Waals surface area contributed by atoms with Crippen molar-refractivity contribution in [3.8, 4) is 5.75 Å². The van der Waals surface area contributed by atoms with Crippen LogP contribution in [-0.4, -0.2) is 75.2 Å². The van der Waals surface area contributed by atoms with Crippen LogP contribution in [0.25, 0.3) is 0 Å². The zero-order valence-electron chi connectivity index (χ0n) is 26.0. The number of hydrogen-bond donors (Lipinski definition) is 8. The fourth-order valence-electron chi connectivity index (χ4n) is 4.55. The van der Waals surface area contributed by atoms with E-state index >= 15 is 0 Å². The SMILES string of the molecule is CC(C)C[C@H](NC(=O)[C@@H](NC(=O)[C@@H](N)CCC(=O)O)C(C)C)C(=O)N[C@@H](Cc1ccccc1)[C@@H](O)C(=O)Nc1cccc(O)c1. The van der Waals surface area contributed by atoms with E-state index in [0.717, 1.165) is 5.56 Å². The van der Waals surface area contributed by atoms with Gasteiger partial charge in [0.25, 0.3) is 5.91 Å². The lowest BCUT2D eigenvalue weighted by molar-refractivity contribution is -0.137. The molecule has 0 radical (unpaired) electrons. The summed E-state index contributed by atoms with van der Waals surface area (Å²) in [6.07, 6.45) is -1.84. The van der Waals surface area contributed by atoms with Gasteiger partial charge in [-0.05, 0) is 48.8 Å². The van der Waals surface area contributed by atoms with Crippen molar-refractivity contribution >= 4 is 35.3 Å². The van der Waals surface area contributed by atoms with Crippen molar-refractivity contribution in [1.82, 2.24) is 16.0 Å². The van der Waals surface area contributed by atoms with Crippen molar-refractivity contribution in [2.75, 3.05) is 5.32 Å². The Balaban J connectivity index is 2.24. The van der Waals surface area contributed by atoms with Gasteiger partial charge in [-0.15, -0.1) is 0 Å². The van der Waals surface area contributed by atoms with Crippen LogP contribution in [-0.2, 0) is 30.4 Å². The maximum absolute atomic E-state index is 13.7. The third-order valence-corrected chi connectivity index (χ3v) is 6.98. The highest BCUT2D eigenvalue weighted by molar-refractivity contribution is 5.96. The van der Waals surface area contributed by atoms with E-state index in [1.807, 2.05) is 13.8 Å².